The molecule has 0 aliphatic rings. The van der Waals surface area contributed by atoms with Crippen LogP contribution < -0.4 is 5.73 Å². The summed E-state index contributed by atoms with van der Waals surface area (Å²) in [5.41, 5.74) is 5.36. The normalized spacial score (nSPS) is 11.8. The second kappa shape index (κ2) is 136. The van der Waals surface area contributed by atoms with Crippen LogP contribution in [-0.2, 0) is 218 Å². The molecular weight excluding hydrogens is 1880 g/mol. The number of ether oxygens (including phenoxy) is 45. The fourth-order valence-corrected chi connectivity index (χ4v) is 10.0. The number of carboxylic acids is 1. The van der Waals surface area contributed by atoms with E-state index in [9.17, 15) is 4.79 Å². The summed E-state index contributed by atoms with van der Waals surface area (Å²) in [5.74, 6) is -0.882. The van der Waals surface area contributed by atoms with Gasteiger partial charge in [-0.15, -0.1) is 0 Å². The highest BCUT2D eigenvalue weighted by Crippen LogP contribution is 1.98. The molecule has 0 bridgehead atoms. The van der Waals surface area contributed by atoms with Gasteiger partial charge in [-0.25, -0.2) is 0 Å². The zero-order chi connectivity index (χ0) is 100. The lowest BCUT2D eigenvalue weighted by molar-refractivity contribution is -0.138. The van der Waals surface area contributed by atoms with Crippen molar-refractivity contribution in [1.82, 2.24) is 0 Å². The van der Waals surface area contributed by atoms with Crippen LogP contribution in [0.1, 0.15) is 6.42 Å². The van der Waals surface area contributed by atoms with Crippen LogP contribution >= 0.6 is 0 Å². The predicted molar refractivity (Wildman–Crippen MR) is 508 cm³/mol. The molecule has 0 saturated heterocycles. The lowest BCUT2D eigenvalue weighted by Crippen LogP contribution is -2.16. The van der Waals surface area contributed by atoms with Gasteiger partial charge in [-0.05, 0) is 0 Å². The Bertz CT molecular complexity index is 1980. The van der Waals surface area contributed by atoms with E-state index in [-0.39, 0.29) is 13.0 Å². The summed E-state index contributed by atoms with van der Waals surface area (Å²) in [6.45, 7) is 43.0. The van der Waals surface area contributed by atoms with E-state index in [1.165, 1.54) is 0 Å². The van der Waals surface area contributed by atoms with Gasteiger partial charge in [-0.2, -0.15) is 0 Å². The van der Waals surface area contributed by atoms with Crippen molar-refractivity contribution in [1.29, 1.82) is 0 Å². The van der Waals surface area contributed by atoms with Crippen molar-refractivity contribution in [3.8, 4) is 0 Å². The van der Waals surface area contributed by atoms with Crippen molar-refractivity contribution in [2.24, 2.45) is 5.73 Å². The van der Waals surface area contributed by atoms with Gasteiger partial charge < -0.3 is 224 Å². The van der Waals surface area contributed by atoms with Crippen molar-refractivity contribution in [3.05, 3.63) is 0 Å². The second-order valence-corrected chi connectivity index (χ2v) is 28.5. The summed E-state index contributed by atoms with van der Waals surface area (Å²) >= 11 is 0. The predicted octanol–water partition coefficient (Wildman–Crippen LogP) is 0.167. The fraction of sp³-hybridized carbons (Fsp3) is 0.989. The highest BCUT2D eigenvalue weighted by Gasteiger charge is 2.07. The minimum absolute atomic E-state index is 0.0136. The molecule has 0 spiro atoms. The van der Waals surface area contributed by atoms with Crippen LogP contribution in [0, 0.1) is 0 Å². The van der Waals surface area contributed by atoms with E-state index in [1.54, 1.807) is 0 Å². The van der Waals surface area contributed by atoms with E-state index in [1.807, 2.05) is 0 Å². The maximum atomic E-state index is 10.4. The maximum Gasteiger partial charge on any atom is 0.305 e. The summed E-state index contributed by atoms with van der Waals surface area (Å²) in [4.78, 5) is 10.4. The average molecular weight is 2070 g/mol. The van der Waals surface area contributed by atoms with E-state index in [2.05, 4.69) is 0 Å². The molecule has 0 fully saturated rings. The number of hydrogen-bond acceptors (Lipinski definition) is 47. The molecule has 0 aromatic heterocycles. The molecule has 0 heterocycles. The zero-order valence-electron chi connectivity index (χ0n) is 85.4. The third kappa shape index (κ3) is 138. The van der Waals surface area contributed by atoms with Gasteiger partial charge in [0.1, 0.15) is 0 Å². The van der Waals surface area contributed by atoms with Crippen LogP contribution in [0.25, 0.3) is 0 Å². The van der Waals surface area contributed by atoms with E-state index in [0.29, 0.717) is 595 Å². The first kappa shape index (κ1) is 139. The summed E-state index contributed by atoms with van der Waals surface area (Å²) in [6.07, 6.45) is -0.0136. The van der Waals surface area contributed by atoms with Gasteiger partial charge in [0.05, 0.1) is 601 Å². The topological polar surface area (TPSA) is 479 Å². The SMILES string of the molecule is NCCOCCOCCOCCOCCOCCOCCOCCOCCOCCOCCOCCOCCOCCOCCOCCOCCOCCOCCOCCOCCOCCOCCOCCOCCOCCOCCOCCOCCOCCOCCOCCOCCOCCOCCOCCOCCOCCOCCOCCOCCOCCOCCOCCOCCOCCC(=O)O. The van der Waals surface area contributed by atoms with E-state index in [4.69, 9.17) is 224 Å². The van der Waals surface area contributed by atoms with Crippen LogP contribution in [-0.4, -0.2) is 612 Å². The summed E-state index contributed by atoms with van der Waals surface area (Å²) in [5, 5.41) is 8.54. The quantitative estimate of drug-likeness (QED) is 0.0766. The Morgan fingerprint density at radius 1 is 0.0993 bits per heavy atom. The fourth-order valence-electron chi connectivity index (χ4n) is 10.0. The van der Waals surface area contributed by atoms with Gasteiger partial charge >= 0.3 is 5.97 Å². The lowest BCUT2D eigenvalue weighted by atomic mass is 10.5. The molecular formula is C93H187NO47. The number of aliphatic carboxylic acids is 1. The molecule has 0 aliphatic carbocycles. The summed E-state index contributed by atoms with van der Waals surface area (Å²) < 4.78 is 248. The lowest BCUT2D eigenvalue weighted by Gasteiger charge is -2.09. The molecule has 0 saturated carbocycles. The minimum atomic E-state index is -0.882. The smallest absolute Gasteiger partial charge is 0.305 e. The first-order valence-electron chi connectivity index (χ1n) is 50.2. The third-order valence-corrected chi connectivity index (χ3v) is 17.1. The highest BCUT2D eigenvalue weighted by molar-refractivity contribution is 5.66. The van der Waals surface area contributed by atoms with Gasteiger partial charge in [0, 0.05) is 6.54 Å². The van der Waals surface area contributed by atoms with Gasteiger partial charge in [-0.3, -0.25) is 4.79 Å². The highest BCUT2D eigenvalue weighted by atomic mass is 16.7. The Balaban J connectivity index is 3.11. The number of carbonyl (C=O) groups is 1. The molecule has 48 heteroatoms. The van der Waals surface area contributed by atoms with Gasteiger partial charge in [-0.1, -0.05) is 0 Å². The Hall–Kier alpha value is -2.37. The third-order valence-electron chi connectivity index (χ3n) is 17.1. The Kier molecular flexibility index (Phi) is 133. The van der Waals surface area contributed by atoms with Crippen LogP contribution in [0.4, 0.5) is 0 Å². The Morgan fingerprint density at radius 2 is 0.149 bits per heavy atom. The van der Waals surface area contributed by atoms with E-state index in [0.717, 1.165) is 0 Å². The van der Waals surface area contributed by atoms with Crippen molar-refractivity contribution in [2.75, 3.05) is 601 Å². The maximum absolute atomic E-state index is 10.4. The number of carboxylic acid groups (broad SMARTS) is 1. The number of rotatable bonds is 137. The molecule has 846 valence electrons. The second-order valence-electron chi connectivity index (χ2n) is 28.5. The average Bonchev–Trinajstić information content (AvgIpc) is 1.11. The molecule has 0 aromatic carbocycles. The van der Waals surface area contributed by atoms with Crippen LogP contribution in [0.5, 0.6) is 0 Å². The molecule has 48 nitrogen and oxygen atoms in total. The Morgan fingerprint density at radius 3 is 0.199 bits per heavy atom. The molecule has 0 unspecified atom stereocenters. The van der Waals surface area contributed by atoms with Crippen molar-refractivity contribution >= 4 is 5.97 Å². The van der Waals surface area contributed by atoms with E-state index >= 15 is 0 Å². The Labute approximate surface area is 839 Å². The largest absolute Gasteiger partial charge is 0.481 e. The summed E-state index contributed by atoms with van der Waals surface area (Å²) in [7, 11) is 0. The standard InChI is InChI=1S/C93H187NO47/c94-2-4-98-6-8-100-10-12-102-14-16-104-18-20-106-22-24-108-26-28-110-30-32-112-34-36-114-38-40-116-42-44-118-46-48-120-50-52-122-54-56-124-58-60-126-62-64-128-66-68-130-70-72-132-74-76-134-78-80-136-82-84-138-86-88-140-90-92-141-91-89-139-87-85-137-83-81-135-79-77-133-75-73-131-71-69-129-67-65-127-63-61-125-59-57-123-55-53-121-51-49-119-47-45-117-43-41-115-39-37-113-35-33-111-31-29-109-27-25-107-23-21-105-19-17-103-15-13-101-11-9-99-7-5-97-3-1-93(95)96/h1-92,94H2,(H,95,96). The van der Waals surface area contributed by atoms with Crippen LogP contribution in [0.2, 0.25) is 0 Å². The monoisotopic (exact) mass is 2070 g/mol. The zero-order valence-corrected chi connectivity index (χ0v) is 85.4. The van der Waals surface area contributed by atoms with Crippen LogP contribution in [0.3, 0.4) is 0 Å². The van der Waals surface area contributed by atoms with E-state index < -0.39 is 5.97 Å². The molecule has 0 amide bonds. The first-order chi connectivity index (χ1) is 70.3. The van der Waals surface area contributed by atoms with Gasteiger partial charge in [0.2, 0.25) is 0 Å². The molecule has 141 heavy (non-hydrogen) atoms. The molecule has 3 N–H and O–H groups in total. The molecule has 0 aliphatic heterocycles. The minimum Gasteiger partial charge on any atom is -0.481 e. The van der Waals surface area contributed by atoms with Crippen molar-refractivity contribution in [2.45, 2.75) is 6.42 Å². The number of hydrogen-bond donors (Lipinski definition) is 2. The molecule has 0 radical (unpaired) electrons. The van der Waals surface area contributed by atoms with Crippen molar-refractivity contribution < 1.29 is 223 Å². The first-order valence-corrected chi connectivity index (χ1v) is 50.2. The molecule has 0 atom stereocenters. The van der Waals surface area contributed by atoms with Gasteiger partial charge in [0.15, 0.2) is 0 Å². The number of nitrogens with two attached hydrogens (primary N) is 1. The summed E-state index contributed by atoms with van der Waals surface area (Å²) in [6, 6.07) is 0. The molecule has 0 aromatic rings. The van der Waals surface area contributed by atoms with Gasteiger partial charge in [0.25, 0.3) is 0 Å². The molecule has 0 rings (SSSR count). The van der Waals surface area contributed by atoms with Crippen LogP contribution in [0.15, 0.2) is 0 Å². The van der Waals surface area contributed by atoms with Crippen molar-refractivity contribution in [3.63, 3.8) is 0 Å².